The van der Waals surface area contributed by atoms with Gasteiger partial charge in [-0.25, -0.2) is 0 Å². The van der Waals surface area contributed by atoms with E-state index in [0.717, 1.165) is 44.7 Å². The molecule has 1 unspecified atom stereocenters. The molecule has 1 aromatic carbocycles. The first-order chi connectivity index (χ1) is 10.7. The molecule has 0 radical (unpaired) electrons. The summed E-state index contributed by atoms with van der Waals surface area (Å²) in [5.74, 6) is 1.67. The maximum Gasteiger partial charge on any atom is 0.0642 e. The summed E-state index contributed by atoms with van der Waals surface area (Å²) in [6.07, 6.45) is 2.75. The van der Waals surface area contributed by atoms with Crippen LogP contribution in [0.3, 0.4) is 0 Å². The van der Waals surface area contributed by atoms with E-state index in [4.69, 9.17) is 4.74 Å². The third-order valence-electron chi connectivity index (χ3n) is 5.22. The molecule has 0 N–H and O–H groups in total. The smallest absolute Gasteiger partial charge is 0.0642 e. The van der Waals surface area contributed by atoms with Gasteiger partial charge >= 0.3 is 0 Å². The molecule has 0 saturated carbocycles. The van der Waals surface area contributed by atoms with Crippen LogP contribution in [0.25, 0.3) is 0 Å². The lowest BCUT2D eigenvalue weighted by Gasteiger charge is -2.36. The van der Waals surface area contributed by atoms with Gasteiger partial charge in [-0.1, -0.05) is 32.0 Å². The molecule has 0 bridgehead atoms. The highest BCUT2D eigenvalue weighted by molar-refractivity contribution is 5.53. The summed E-state index contributed by atoms with van der Waals surface area (Å²) in [4.78, 5) is 5.15. The topological polar surface area (TPSA) is 15.7 Å². The number of morpholine rings is 1. The van der Waals surface area contributed by atoms with Gasteiger partial charge in [0.05, 0.1) is 13.2 Å². The largest absolute Gasteiger partial charge is 0.378 e. The van der Waals surface area contributed by atoms with Crippen molar-refractivity contribution in [3.63, 3.8) is 0 Å². The van der Waals surface area contributed by atoms with E-state index in [1.807, 2.05) is 0 Å². The number of ether oxygens (including phenoxy) is 1. The number of piperidine rings is 1. The predicted octanol–water partition coefficient (Wildman–Crippen LogP) is 3.39. The van der Waals surface area contributed by atoms with Gasteiger partial charge in [-0.05, 0) is 42.9 Å². The lowest BCUT2D eigenvalue weighted by atomic mass is 9.88. The van der Waals surface area contributed by atoms with Gasteiger partial charge in [0.1, 0.15) is 0 Å². The normalized spacial score (nSPS) is 24.0. The van der Waals surface area contributed by atoms with Crippen LogP contribution in [-0.4, -0.2) is 44.3 Å². The summed E-state index contributed by atoms with van der Waals surface area (Å²) < 4.78 is 5.50. The molecule has 2 heterocycles. The summed E-state index contributed by atoms with van der Waals surface area (Å²) in [5.41, 5.74) is 2.89. The Balaban J connectivity index is 1.69. The van der Waals surface area contributed by atoms with E-state index in [9.17, 15) is 0 Å². The Morgan fingerprint density at radius 1 is 1.14 bits per heavy atom. The number of rotatable bonds is 4. The van der Waals surface area contributed by atoms with E-state index < -0.39 is 0 Å². The molecule has 122 valence electrons. The zero-order valence-electron chi connectivity index (χ0n) is 14.1. The van der Waals surface area contributed by atoms with Crippen LogP contribution in [0.5, 0.6) is 0 Å². The van der Waals surface area contributed by atoms with Crippen LogP contribution >= 0.6 is 0 Å². The second kappa shape index (κ2) is 7.47. The molecule has 3 heteroatoms. The van der Waals surface area contributed by atoms with Crippen molar-refractivity contribution in [3.8, 4) is 0 Å². The van der Waals surface area contributed by atoms with E-state index in [-0.39, 0.29) is 0 Å². The van der Waals surface area contributed by atoms with E-state index in [1.165, 1.54) is 37.2 Å². The quantitative estimate of drug-likeness (QED) is 0.848. The number of benzene rings is 1. The standard InChI is InChI=1S/C19H30N2O/c1-16(2)17-7-5-9-20(14-17)15-18-6-3-4-8-19(18)21-10-12-22-13-11-21/h3-4,6,8,16-17H,5,7,9-15H2,1-2H3. The first kappa shape index (κ1) is 15.8. The maximum absolute atomic E-state index is 5.50. The number of para-hydroxylation sites is 1. The number of hydrogen-bond acceptors (Lipinski definition) is 3. The van der Waals surface area contributed by atoms with Crippen LogP contribution in [0.4, 0.5) is 5.69 Å². The fraction of sp³-hybridized carbons (Fsp3) is 0.684. The minimum atomic E-state index is 0.803. The number of likely N-dealkylation sites (tertiary alicyclic amines) is 1. The first-order valence-electron chi connectivity index (χ1n) is 8.87. The van der Waals surface area contributed by atoms with Crippen LogP contribution in [0.2, 0.25) is 0 Å². The maximum atomic E-state index is 5.50. The van der Waals surface area contributed by atoms with Crippen LogP contribution in [0.1, 0.15) is 32.3 Å². The first-order valence-corrected chi connectivity index (χ1v) is 8.87. The molecular weight excluding hydrogens is 272 g/mol. The molecule has 0 amide bonds. The van der Waals surface area contributed by atoms with Gasteiger partial charge in [0.25, 0.3) is 0 Å². The Morgan fingerprint density at radius 2 is 1.91 bits per heavy atom. The van der Waals surface area contributed by atoms with Gasteiger partial charge in [-0.15, -0.1) is 0 Å². The summed E-state index contributed by atoms with van der Waals surface area (Å²) in [5, 5.41) is 0. The van der Waals surface area contributed by atoms with Crippen LogP contribution in [-0.2, 0) is 11.3 Å². The summed E-state index contributed by atoms with van der Waals surface area (Å²) >= 11 is 0. The highest BCUT2D eigenvalue weighted by Gasteiger charge is 2.23. The van der Waals surface area contributed by atoms with Crippen molar-refractivity contribution < 1.29 is 4.74 Å². The minimum absolute atomic E-state index is 0.803. The van der Waals surface area contributed by atoms with Gasteiger partial charge in [0, 0.05) is 31.9 Å². The Labute approximate surface area is 135 Å². The molecule has 0 aromatic heterocycles. The van der Waals surface area contributed by atoms with Gasteiger partial charge < -0.3 is 9.64 Å². The minimum Gasteiger partial charge on any atom is -0.378 e. The molecule has 0 aliphatic carbocycles. The fourth-order valence-corrected chi connectivity index (χ4v) is 3.78. The van der Waals surface area contributed by atoms with Gasteiger partial charge in [-0.2, -0.15) is 0 Å². The van der Waals surface area contributed by atoms with Crippen molar-refractivity contribution in [1.82, 2.24) is 4.90 Å². The average Bonchev–Trinajstić information content (AvgIpc) is 2.56. The van der Waals surface area contributed by atoms with Gasteiger partial charge in [-0.3, -0.25) is 4.90 Å². The zero-order chi connectivity index (χ0) is 15.4. The van der Waals surface area contributed by atoms with Crippen molar-refractivity contribution >= 4 is 5.69 Å². The second-order valence-electron chi connectivity index (χ2n) is 7.11. The van der Waals surface area contributed by atoms with Crippen LogP contribution < -0.4 is 4.90 Å². The Hall–Kier alpha value is -1.06. The van der Waals surface area contributed by atoms with E-state index in [1.54, 1.807) is 0 Å². The third kappa shape index (κ3) is 3.82. The molecule has 3 rings (SSSR count). The van der Waals surface area contributed by atoms with Gasteiger partial charge in [0.15, 0.2) is 0 Å². The average molecular weight is 302 g/mol. The number of nitrogens with zero attached hydrogens (tertiary/aromatic N) is 2. The SMILES string of the molecule is CC(C)C1CCCN(Cc2ccccc2N2CCOCC2)C1. The summed E-state index contributed by atoms with van der Waals surface area (Å²) in [6.45, 7) is 12.1. The lowest BCUT2D eigenvalue weighted by molar-refractivity contribution is 0.122. The van der Waals surface area contributed by atoms with Crippen molar-refractivity contribution in [2.75, 3.05) is 44.3 Å². The summed E-state index contributed by atoms with van der Waals surface area (Å²) in [6, 6.07) is 8.94. The molecule has 3 nitrogen and oxygen atoms in total. The van der Waals surface area contributed by atoms with Crippen molar-refractivity contribution in [3.05, 3.63) is 29.8 Å². The highest BCUT2D eigenvalue weighted by Crippen LogP contribution is 2.27. The van der Waals surface area contributed by atoms with Crippen LogP contribution in [0.15, 0.2) is 24.3 Å². The Kier molecular flexibility index (Phi) is 5.37. The number of hydrogen-bond donors (Lipinski definition) is 0. The zero-order valence-corrected chi connectivity index (χ0v) is 14.1. The molecular formula is C19H30N2O. The van der Waals surface area contributed by atoms with Gasteiger partial charge in [0.2, 0.25) is 0 Å². The molecule has 1 atom stereocenters. The highest BCUT2D eigenvalue weighted by atomic mass is 16.5. The molecule has 22 heavy (non-hydrogen) atoms. The van der Waals surface area contributed by atoms with E-state index in [0.29, 0.717) is 0 Å². The van der Waals surface area contributed by atoms with Crippen molar-refractivity contribution in [2.45, 2.75) is 33.2 Å². The summed E-state index contributed by atoms with van der Waals surface area (Å²) in [7, 11) is 0. The van der Waals surface area contributed by atoms with Crippen molar-refractivity contribution in [2.24, 2.45) is 11.8 Å². The molecule has 0 spiro atoms. The molecule has 2 saturated heterocycles. The number of anilines is 1. The Bertz CT molecular complexity index is 468. The monoisotopic (exact) mass is 302 g/mol. The van der Waals surface area contributed by atoms with E-state index >= 15 is 0 Å². The van der Waals surface area contributed by atoms with E-state index in [2.05, 4.69) is 47.9 Å². The molecule has 2 aliphatic heterocycles. The predicted molar refractivity (Wildman–Crippen MR) is 92.3 cm³/mol. The molecule has 2 fully saturated rings. The molecule has 2 aliphatic rings. The lowest BCUT2D eigenvalue weighted by Crippen LogP contribution is -2.39. The molecule has 1 aromatic rings. The van der Waals surface area contributed by atoms with Crippen molar-refractivity contribution in [1.29, 1.82) is 0 Å². The Morgan fingerprint density at radius 3 is 2.68 bits per heavy atom. The fourth-order valence-electron chi connectivity index (χ4n) is 3.78. The van der Waals surface area contributed by atoms with Crippen LogP contribution in [0, 0.1) is 11.8 Å². The second-order valence-corrected chi connectivity index (χ2v) is 7.11. The third-order valence-corrected chi connectivity index (χ3v) is 5.22.